The van der Waals surface area contributed by atoms with E-state index in [-0.39, 0.29) is 10.6 Å². The lowest BCUT2D eigenvalue weighted by Gasteiger charge is -2.06. The molecule has 0 aliphatic carbocycles. The highest BCUT2D eigenvalue weighted by molar-refractivity contribution is 6.33. The number of aromatic carboxylic acids is 1. The Bertz CT molecular complexity index is 781. The summed E-state index contributed by atoms with van der Waals surface area (Å²) >= 11 is 5.84. The molecule has 6 heteroatoms. The van der Waals surface area contributed by atoms with Crippen LogP contribution in [0.25, 0.3) is 5.65 Å². The minimum Gasteiger partial charge on any atom is -0.478 e. The lowest BCUT2D eigenvalue weighted by Crippen LogP contribution is -2.03. The van der Waals surface area contributed by atoms with E-state index in [4.69, 9.17) is 16.7 Å². The zero-order valence-electron chi connectivity index (χ0n) is 11.0. The molecule has 106 valence electrons. The Morgan fingerprint density at radius 1 is 1.33 bits per heavy atom. The number of carboxylic acids is 1. The van der Waals surface area contributed by atoms with Crippen molar-refractivity contribution >= 4 is 28.9 Å². The largest absolute Gasteiger partial charge is 0.478 e. The molecule has 0 saturated carbocycles. The minimum absolute atomic E-state index is 0.0802. The zero-order valence-corrected chi connectivity index (χ0v) is 11.7. The van der Waals surface area contributed by atoms with E-state index in [1.807, 2.05) is 35.0 Å². The van der Waals surface area contributed by atoms with Crippen molar-refractivity contribution in [2.75, 3.05) is 5.32 Å². The van der Waals surface area contributed by atoms with Crippen LogP contribution in [-0.2, 0) is 6.54 Å². The third-order valence-corrected chi connectivity index (χ3v) is 3.41. The van der Waals surface area contributed by atoms with Gasteiger partial charge in [-0.1, -0.05) is 17.7 Å². The fraction of sp³-hybridized carbons (Fsp3) is 0.0667. The van der Waals surface area contributed by atoms with Gasteiger partial charge >= 0.3 is 5.97 Å². The molecule has 0 spiro atoms. The van der Waals surface area contributed by atoms with Crippen molar-refractivity contribution < 1.29 is 9.90 Å². The Hall–Kier alpha value is -2.53. The lowest BCUT2D eigenvalue weighted by molar-refractivity contribution is 0.0697. The second-order valence-corrected chi connectivity index (χ2v) is 4.96. The van der Waals surface area contributed by atoms with Gasteiger partial charge in [0, 0.05) is 18.1 Å². The summed E-state index contributed by atoms with van der Waals surface area (Å²) in [6.07, 6.45) is 3.85. The maximum Gasteiger partial charge on any atom is 0.337 e. The molecule has 0 amide bonds. The number of halogens is 1. The summed E-state index contributed by atoms with van der Waals surface area (Å²) in [7, 11) is 0. The number of nitrogens with one attached hydrogen (secondary N) is 1. The van der Waals surface area contributed by atoms with Crippen LogP contribution in [0.5, 0.6) is 0 Å². The van der Waals surface area contributed by atoms with Crippen LogP contribution in [0.3, 0.4) is 0 Å². The first-order chi connectivity index (χ1) is 10.1. The molecule has 3 aromatic rings. The van der Waals surface area contributed by atoms with Gasteiger partial charge in [0.05, 0.1) is 22.8 Å². The highest BCUT2D eigenvalue weighted by Gasteiger charge is 2.09. The van der Waals surface area contributed by atoms with Gasteiger partial charge in [0.2, 0.25) is 0 Å². The van der Waals surface area contributed by atoms with E-state index in [2.05, 4.69) is 10.3 Å². The summed E-state index contributed by atoms with van der Waals surface area (Å²) < 4.78 is 1.93. The molecule has 2 aromatic heterocycles. The van der Waals surface area contributed by atoms with Crippen molar-refractivity contribution in [3.63, 3.8) is 0 Å². The van der Waals surface area contributed by atoms with Gasteiger partial charge in [0.25, 0.3) is 0 Å². The summed E-state index contributed by atoms with van der Waals surface area (Å²) in [6.45, 7) is 0.502. The van der Waals surface area contributed by atoms with Gasteiger partial charge in [0.15, 0.2) is 0 Å². The maximum absolute atomic E-state index is 11.0. The Morgan fingerprint density at radius 3 is 2.95 bits per heavy atom. The first-order valence-electron chi connectivity index (χ1n) is 6.33. The number of rotatable bonds is 4. The number of anilines is 1. The topological polar surface area (TPSA) is 66.6 Å². The number of benzene rings is 1. The fourth-order valence-electron chi connectivity index (χ4n) is 2.06. The van der Waals surface area contributed by atoms with Gasteiger partial charge in [-0.15, -0.1) is 0 Å². The normalized spacial score (nSPS) is 10.7. The van der Waals surface area contributed by atoms with E-state index >= 15 is 0 Å². The van der Waals surface area contributed by atoms with Crippen LogP contribution >= 0.6 is 11.6 Å². The molecule has 3 rings (SSSR count). The number of hydrogen-bond donors (Lipinski definition) is 2. The number of hydrogen-bond acceptors (Lipinski definition) is 3. The number of nitrogens with zero attached hydrogens (tertiary/aromatic N) is 2. The van der Waals surface area contributed by atoms with Crippen LogP contribution in [0.1, 0.15) is 16.1 Å². The quantitative estimate of drug-likeness (QED) is 0.776. The van der Waals surface area contributed by atoms with E-state index in [0.29, 0.717) is 12.2 Å². The molecule has 0 aliphatic heterocycles. The van der Waals surface area contributed by atoms with Gasteiger partial charge in [-0.05, 0) is 30.3 Å². The standard InChI is InChI=1S/C15H12ClN3O2/c16-13-5-4-10(7-12(13)15(20)21)17-8-11-9-19-6-2-1-3-14(19)18-11/h1-7,9,17H,8H2,(H,20,21). The predicted molar refractivity (Wildman–Crippen MR) is 80.9 cm³/mol. The second-order valence-electron chi connectivity index (χ2n) is 4.55. The van der Waals surface area contributed by atoms with Crippen LogP contribution in [0.4, 0.5) is 5.69 Å². The second kappa shape index (κ2) is 5.46. The molecular formula is C15H12ClN3O2. The number of fused-ring (bicyclic) bond motifs is 1. The zero-order chi connectivity index (χ0) is 14.8. The molecule has 2 heterocycles. The van der Waals surface area contributed by atoms with Crippen LogP contribution in [0.15, 0.2) is 48.8 Å². The molecular weight excluding hydrogens is 290 g/mol. The molecule has 0 aliphatic rings. The Balaban J connectivity index is 1.78. The van der Waals surface area contributed by atoms with E-state index in [1.165, 1.54) is 6.07 Å². The summed E-state index contributed by atoms with van der Waals surface area (Å²) in [5.74, 6) is -1.05. The summed E-state index contributed by atoms with van der Waals surface area (Å²) in [6, 6.07) is 10.6. The van der Waals surface area contributed by atoms with Gasteiger partial charge in [0.1, 0.15) is 5.65 Å². The Kier molecular flexibility index (Phi) is 3.50. The van der Waals surface area contributed by atoms with Gasteiger partial charge in [-0.25, -0.2) is 9.78 Å². The molecule has 0 fully saturated rings. The van der Waals surface area contributed by atoms with Crippen molar-refractivity contribution in [1.82, 2.24) is 9.38 Å². The molecule has 2 N–H and O–H groups in total. The van der Waals surface area contributed by atoms with Crippen molar-refractivity contribution in [3.8, 4) is 0 Å². The third-order valence-electron chi connectivity index (χ3n) is 3.08. The van der Waals surface area contributed by atoms with Crippen LogP contribution in [0, 0.1) is 0 Å². The molecule has 0 saturated heterocycles. The molecule has 1 aromatic carbocycles. The van der Waals surface area contributed by atoms with E-state index in [0.717, 1.165) is 11.3 Å². The lowest BCUT2D eigenvalue weighted by atomic mass is 10.2. The van der Waals surface area contributed by atoms with Crippen molar-refractivity contribution in [2.45, 2.75) is 6.54 Å². The van der Waals surface area contributed by atoms with E-state index in [9.17, 15) is 4.79 Å². The minimum atomic E-state index is -1.05. The van der Waals surface area contributed by atoms with Gasteiger partial charge < -0.3 is 14.8 Å². The number of imidazole rings is 1. The predicted octanol–water partition coefficient (Wildman–Crippen LogP) is 3.30. The molecule has 0 atom stereocenters. The number of aromatic nitrogens is 2. The van der Waals surface area contributed by atoms with Crippen molar-refractivity contribution in [3.05, 3.63) is 65.1 Å². The smallest absolute Gasteiger partial charge is 0.337 e. The average molecular weight is 302 g/mol. The fourth-order valence-corrected chi connectivity index (χ4v) is 2.26. The Morgan fingerprint density at radius 2 is 2.19 bits per heavy atom. The summed E-state index contributed by atoms with van der Waals surface area (Å²) in [5, 5.41) is 12.4. The molecule has 21 heavy (non-hydrogen) atoms. The monoisotopic (exact) mass is 301 g/mol. The number of carboxylic acid groups (broad SMARTS) is 1. The first kappa shape index (κ1) is 13.5. The molecule has 5 nitrogen and oxygen atoms in total. The average Bonchev–Trinajstić information content (AvgIpc) is 2.89. The Labute approximate surface area is 125 Å². The van der Waals surface area contributed by atoms with E-state index in [1.54, 1.807) is 12.1 Å². The van der Waals surface area contributed by atoms with Crippen molar-refractivity contribution in [2.24, 2.45) is 0 Å². The van der Waals surface area contributed by atoms with Crippen LogP contribution in [-0.4, -0.2) is 20.5 Å². The first-order valence-corrected chi connectivity index (χ1v) is 6.70. The molecule has 0 radical (unpaired) electrons. The van der Waals surface area contributed by atoms with Crippen LogP contribution in [0.2, 0.25) is 5.02 Å². The number of carbonyl (C=O) groups is 1. The van der Waals surface area contributed by atoms with Gasteiger partial charge in [-0.3, -0.25) is 0 Å². The SMILES string of the molecule is O=C(O)c1cc(NCc2cn3ccccc3n2)ccc1Cl. The molecule has 0 unspecified atom stereocenters. The molecule has 0 bridgehead atoms. The highest BCUT2D eigenvalue weighted by atomic mass is 35.5. The number of pyridine rings is 1. The van der Waals surface area contributed by atoms with Crippen LogP contribution < -0.4 is 5.32 Å². The van der Waals surface area contributed by atoms with Crippen molar-refractivity contribution in [1.29, 1.82) is 0 Å². The maximum atomic E-state index is 11.0. The van der Waals surface area contributed by atoms with Gasteiger partial charge in [-0.2, -0.15) is 0 Å². The summed E-state index contributed by atoms with van der Waals surface area (Å²) in [4.78, 5) is 15.5. The summed E-state index contributed by atoms with van der Waals surface area (Å²) in [5.41, 5.74) is 2.51. The third kappa shape index (κ3) is 2.83. The van der Waals surface area contributed by atoms with E-state index < -0.39 is 5.97 Å². The highest BCUT2D eigenvalue weighted by Crippen LogP contribution is 2.21.